The van der Waals surface area contributed by atoms with Crippen molar-refractivity contribution in [2.24, 2.45) is 5.14 Å². The maximum absolute atomic E-state index is 11.3. The Kier molecular flexibility index (Phi) is 4.32. The van der Waals surface area contributed by atoms with Crippen molar-refractivity contribution in [2.75, 3.05) is 5.32 Å². The minimum absolute atomic E-state index is 0.0363. The molecule has 0 unspecified atom stereocenters. The Morgan fingerprint density at radius 3 is 2.55 bits per heavy atom. The van der Waals surface area contributed by atoms with Crippen LogP contribution in [0.2, 0.25) is 5.02 Å². The van der Waals surface area contributed by atoms with Crippen LogP contribution in [-0.2, 0) is 16.6 Å². The normalized spacial score (nSPS) is 11.3. The lowest BCUT2D eigenvalue weighted by Crippen LogP contribution is -2.12. The van der Waals surface area contributed by atoms with E-state index in [0.717, 1.165) is 11.1 Å². The van der Waals surface area contributed by atoms with Gasteiger partial charge < -0.3 is 5.32 Å². The molecule has 3 N–H and O–H groups in total. The van der Waals surface area contributed by atoms with Gasteiger partial charge in [0, 0.05) is 6.54 Å². The molecule has 0 aliphatic rings. The number of benzene rings is 2. The average molecular weight is 311 g/mol. The predicted octanol–water partition coefficient (Wildman–Crippen LogP) is 2.91. The monoisotopic (exact) mass is 310 g/mol. The van der Waals surface area contributed by atoms with E-state index >= 15 is 0 Å². The molecular weight excluding hydrogens is 296 g/mol. The first-order chi connectivity index (χ1) is 9.38. The predicted molar refractivity (Wildman–Crippen MR) is 81.3 cm³/mol. The van der Waals surface area contributed by atoms with Gasteiger partial charge in [-0.25, -0.2) is 13.6 Å². The van der Waals surface area contributed by atoms with E-state index in [0.29, 0.717) is 17.3 Å². The molecule has 4 nitrogen and oxygen atoms in total. The van der Waals surface area contributed by atoms with Crippen molar-refractivity contribution in [3.63, 3.8) is 0 Å². The molecule has 2 rings (SSSR count). The van der Waals surface area contributed by atoms with Crippen molar-refractivity contribution < 1.29 is 8.42 Å². The highest BCUT2D eigenvalue weighted by atomic mass is 35.5. The first-order valence-electron chi connectivity index (χ1n) is 5.98. The quantitative estimate of drug-likeness (QED) is 0.912. The molecule has 0 bridgehead atoms. The molecule has 0 amide bonds. The molecule has 20 heavy (non-hydrogen) atoms. The Morgan fingerprint density at radius 2 is 1.90 bits per heavy atom. The number of sulfonamides is 1. The van der Waals surface area contributed by atoms with Gasteiger partial charge in [-0.2, -0.15) is 0 Å². The Bertz CT molecular complexity index is 730. The molecule has 0 aromatic heterocycles. The Balaban J connectivity index is 2.24. The first-order valence-corrected chi connectivity index (χ1v) is 7.91. The zero-order chi connectivity index (χ0) is 14.8. The van der Waals surface area contributed by atoms with Crippen LogP contribution in [0.1, 0.15) is 11.1 Å². The Labute approximate surface area is 123 Å². The van der Waals surface area contributed by atoms with Crippen molar-refractivity contribution >= 4 is 27.3 Å². The molecule has 0 saturated heterocycles. The molecule has 0 spiro atoms. The number of primary sulfonamides is 1. The minimum Gasteiger partial charge on any atom is -0.380 e. The van der Waals surface area contributed by atoms with E-state index in [1.165, 1.54) is 18.2 Å². The summed E-state index contributed by atoms with van der Waals surface area (Å²) in [5.41, 5.74) is 2.81. The molecule has 0 aliphatic carbocycles. The van der Waals surface area contributed by atoms with E-state index in [4.69, 9.17) is 16.7 Å². The highest BCUT2D eigenvalue weighted by Gasteiger charge is 2.10. The fourth-order valence-electron chi connectivity index (χ4n) is 1.82. The Morgan fingerprint density at radius 1 is 1.20 bits per heavy atom. The van der Waals surface area contributed by atoms with Gasteiger partial charge in [0.2, 0.25) is 10.0 Å². The molecule has 0 aliphatic heterocycles. The van der Waals surface area contributed by atoms with Crippen LogP contribution >= 0.6 is 11.6 Å². The number of hydrogen-bond donors (Lipinski definition) is 2. The van der Waals surface area contributed by atoms with Gasteiger partial charge in [0.15, 0.2) is 0 Å². The van der Waals surface area contributed by atoms with E-state index in [2.05, 4.69) is 5.32 Å². The highest BCUT2D eigenvalue weighted by Crippen LogP contribution is 2.25. The number of halogens is 1. The molecule has 0 atom stereocenters. The van der Waals surface area contributed by atoms with Crippen molar-refractivity contribution in [3.8, 4) is 0 Å². The number of nitrogens with two attached hydrogens (primary N) is 1. The molecule has 6 heteroatoms. The number of nitrogens with one attached hydrogen (secondary N) is 1. The van der Waals surface area contributed by atoms with Crippen molar-refractivity contribution in [1.82, 2.24) is 0 Å². The molecule has 0 saturated carbocycles. The zero-order valence-corrected chi connectivity index (χ0v) is 12.5. The van der Waals surface area contributed by atoms with Crippen LogP contribution in [0.5, 0.6) is 0 Å². The standard InChI is InChI=1S/C14H15ClN2O2S/c1-10-4-2-3-5-11(10)9-17-14-8-12(20(16,18)19)6-7-13(14)15/h2-8,17H,9H2,1H3,(H2,16,18,19). The third-order valence-corrected chi connectivity index (χ3v) is 4.24. The van der Waals surface area contributed by atoms with Crippen LogP contribution < -0.4 is 10.5 Å². The maximum Gasteiger partial charge on any atom is 0.238 e. The van der Waals surface area contributed by atoms with Crippen LogP contribution in [0.15, 0.2) is 47.4 Å². The van der Waals surface area contributed by atoms with Gasteiger partial charge >= 0.3 is 0 Å². The van der Waals surface area contributed by atoms with Gasteiger partial charge in [0.05, 0.1) is 15.6 Å². The topological polar surface area (TPSA) is 72.2 Å². The number of anilines is 1. The number of hydrogen-bond acceptors (Lipinski definition) is 3. The van der Waals surface area contributed by atoms with Crippen molar-refractivity contribution in [2.45, 2.75) is 18.4 Å². The first kappa shape index (κ1) is 14.8. The second-order valence-corrected chi connectivity index (χ2v) is 6.44. The van der Waals surface area contributed by atoms with E-state index in [1.54, 1.807) is 0 Å². The summed E-state index contributed by atoms with van der Waals surface area (Å²) in [6, 6.07) is 12.3. The summed E-state index contributed by atoms with van der Waals surface area (Å²) in [7, 11) is -3.73. The van der Waals surface area contributed by atoms with Crippen LogP contribution in [0.4, 0.5) is 5.69 Å². The summed E-state index contributed by atoms with van der Waals surface area (Å²) in [6.07, 6.45) is 0. The molecule has 2 aromatic rings. The summed E-state index contributed by atoms with van der Waals surface area (Å²) in [4.78, 5) is 0.0363. The van der Waals surface area contributed by atoms with Gasteiger partial charge in [0.25, 0.3) is 0 Å². The summed E-state index contributed by atoms with van der Waals surface area (Å²) in [5.74, 6) is 0. The second kappa shape index (κ2) is 5.83. The van der Waals surface area contributed by atoms with Crippen molar-refractivity contribution in [3.05, 3.63) is 58.6 Å². The maximum atomic E-state index is 11.3. The molecular formula is C14H15ClN2O2S. The summed E-state index contributed by atoms with van der Waals surface area (Å²) >= 11 is 6.05. The lowest BCUT2D eigenvalue weighted by atomic mass is 10.1. The summed E-state index contributed by atoms with van der Waals surface area (Å²) in [6.45, 7) is 2.57. The SMILES string of the molecule is Cc1ccccc1CNc1cc(S(N)(=O)=O)ccc1Cl. The molecule has 0 fully saturated rings. The number of rotatable bonds is 4. The van der Waals surface area contributed by atoms with E-state index in [1.807, 2.05) is 31.2 Å². The summed E-state index contributed by atoms with van der Waals surface area (Å²) in [5, 5.41) is 8.69. The van der Waals surface area contributed by atoms with Gasteiger partial charge in [-0.3, -0.25) is 0 Å². The fourth-order valence-corrected chi connectivity index (χ4v) is 2.54. The van der Waals surface area contributed by atoms with Gasteiger partial charge in [-0.1, -0.05) is 35.9 Å². The van der Waals surface area contributed by atoms with Crippen LogP contribution in [0.3, 0.4) is 0 Å². The molecule has 106 valence electrons. The smallest absolute Gasteiger partial charge is 0.238 e. The van der Waals surface area contributed by atoms with Crippen LogP contribution in [0.25, 0.3) is 0 Å². The van der Waals surface area contributed by atoms with Crippen molar-refractivity contribution in [1.29, 1.82) is 0 Å². The fraction of sp³-hybridized carbons (Fsp3) is 0.143. The lowest BCUT2D eigenvalue weighted by Gasteiger charge is -2.11. The summed E-state index contributed by atoms with van der Waals surface area (Å²) < 4.78 is 22.7. The van der Waals surface area contributed by atoms with E-state index in [-0.39, 0.29) is 4.90 Å². The van der Waals surface area contributed by atoms with E-state index < -0.39 is 10.0 Å². The zero-order valence-electron chi connectivity index (χ0n) is 10.9. The molecule has 0 radical (unpaired) electrons. The average Bonchev–Trinajstić information content (AvgIpc) is 2.38. The molecule has 2 aromatic carbocycles. The van der Waals surface area contributed by atoms with Gasteiger partial charge in [-0.05, 0) is 36.2 Å². The largest absolute Gasteiger partial charge is 0.380 e. The third-order valence-electron chi connectivity index (χ3n) is 3.00. The lowest BCUT2D eigenvalue weighted by molar-refractivity contribution is 0.598. The Hall–Kier alpha value is -1.56. The van der Waals surface area contributed by atoms with E-state index in [9.17, 15) is 8.42 Å². The van der Waals surface area contributed by atoms with Crippen LogP contribution in [-0.4, -0.2) is 8.42 Å². The van der Waals surface area contributed by atoms with Gasteiger partial charge in [-0.15, -0.1) is 0 Å². The minimum atomic E-state index is -3.73. The van der Waals surface area contributed by atoms with Crippen LogP contribution in [0, 0.1) is 6.92 Å². The highest BCUT2D eigenvalue weighted by molar-refractivity contribution is 7.89. The second-order valence-electron chi connectivity index (χ2n) is 4.47. The number of aryl methyl sites for hydroxylation is 1. The third kappa shape index (κ3) is 3.50. The van der Waals surface area contributed by atoms with Gasteiger partial charge in [0.1, 0.15) is 0 Å². The molecule has 0 heterocycles.